The summed E-state index contributed by atoms with van der Waals surface area (Å²) in [7, 11) is 1.31. The van der Waals surface area contributed by atoms with Gasteiger partial charge in [0.2, 0.25) is 0 Å². The highest BCUT2D eigenvalue weighted by molar-refractivity contribution is 5.67. The van der Waals surface area contributed by atoms with Crippen molar-refractivity contribution in [2.45, 2.75) is 69.7 Å². The molecule has 1 saturated heterocycles. The molecule has 1 rings (SSSR count). The third kappa shape index (κ3) is 6.60. The van der Waals surface area contributed by atoms with Crippen LogP contribution < -0.4 is 5.32 Å². The first-order valence-corrected chi connectivity index (χ1v) is 8.14. The first kappa shape index (κ1) is 20.1. The number of alkyl carbamates (subject to hydrolysis) is 1. The van der Waals surface area contributed by atoms with Crippen LogP contribution in [0.15, 0.2) is 0 Å². The number of carbonyl (C=O) groups excluding carboxylic acids is 1. The molecule has 1 amide bonds. The van der Waals surface area contributed by atoms with E-state index in [1.165, 1.54) is 20.0 Å². The predicted octanol–water partition coefficient (Wildman–Crippen LogP) is 0.137. The fraction of sp³-hybridized carbons (Fsp3) is 0.933. The number of aliphatic hydroxyl groups excluding tert-OH is 3. The van der Waals surface area contributed by atoms with Crippen LogP contribution in [-0.2, 0) is 14.2 Å². The van der Waals surface area contributed by atoms with Crippen LogP contribution in [0.2, 0.25) is 0 Å². The molecule has 0 saturated carbocycles. The maximum Gasteiger partial charge on any atom is 0.407 e. The minimum absolute atomic E-state index is 0.244. The predicted molar refractivity (Wildman–Crippen MR) is 81.8 cm³/mol. The van der Waals surface area contributed by atoms with Gasteiger partial charge in [0.1, 0.15) is 31.0 Å². The number of aliphatic hydroxyl groups is 3. The highest BCUT2D eigenvalue weighted by atomic mass is 16.7. The molecule has 0 radical (unpaired) electrons. The van der Waals surface area contributed by atoms with E-state index in [2.05, 4.69) is 12.2 Å². The zero-order chi connectivity index (χ0) is 17.2. The molecule has 0 aliphatic carbocycles. The van der Waals surface area contributed by atoms with Gasteiger partial charge >= 0.3 is 6.09 Å². The van der Waals surface area contributed by atoms with Gasteiger partial charge in [-0.2, -0.15) is 0 Å². The molecule has 0 unspecified atom stereocenters. The molecule has 1 heterocycles. The number of hydrogen-bond donors (Lipinski definition) is 4. The van der Waals surface area contributed by atoms with Crippen molar-refractivity contribution in [2.75, 3.05) is 20.3 Å². The molecule has 0 aromatic heterocycles. The van der Waals surface area contributed by atoms with Crippen LogP contribution >= 0.6 is 0 Å². The third-order valence-corrected chi connectivity index (χ3v) is 3.83. The number of methoxy groups -OCH3 is 1. The van der Waals surface area contributed by atoms with E-state index in [1.54, 1.807) is 0 Å². The Bertz CT molecular complexity index is 340. The average Bonchev–Trinajstić information content (AvgIpc) is 2.55. The lowest BCUT2D eigenvalue weighted by molar-refractivity contribution is -0.294. The van der Waals surface area contributed by atoms with E-state index in [4.69, 9.17) is 14.2 Å². The van der Waals surface area contributed by atoms with Gasteiger partial charge in [0.15, 0.2) is 6.29 Å². The lowest BCUT2D eigenvalue weighted by atomic mass is 9.99. The van der Waals surface area contributed by atoms with E-state index in [9.17, 15) is 20.1 Å². The van der Waals surface area contributed by atoms with Gasteiger partial charge in [-0.25, -0.2) is 4.79 Å². The second-order valence-corrected chi connectivity index (χ2v) is 5.69. The molecule has 1 fully saturated rings. The fourth-order valence-electron chi connectivity index (χ4n) is 2.38. The van der Waals surface area contributed by atoms with Crippen molar-refractivity contribution in [3.63, 3.8) is 0 Å². The molecule has 0 spiro atoms. The molecule has 136 valence electrons. The summed E-state index contributed by atoms with van der Waals surface area (Å²) in [6, 6.07) is 0. The molecule has 1 aliphatic heterocycles. The van der Waals surface area contributed by atoms with Crippen LogP contribution in [0, 0.1) is 0 Å². The minimum atomic E-state index is -1.43. The van der Waals surface area contributed by atoms with Gasteiger partial charge in [-0.05, 0) is 6.42 Å². The molecule has 4 N–H and O–H groups in total. The van der Waals surface area contributed by atoms with Gasteiger partial charge in [-0.1, -0.05) is 32.6 Å². The van der Waals surface area contributed by atoms with Gasteiger partial charge in [-0.15, -0.1) is 0 Å². The standard InChI is InChI=1S/C15H29NO7/c1-3-4-5-6-7-8-16-15(20)22-9-10-11(17)12(18)13(19)14(21-2)23-10/h10-14,17-19H,3-9H2,1-2H3,(H,16,20)/t10-,11+,12-,13+,14+/m0/s1. The van der Waals surface area contributed by atoms with E-state index in [-0.39, 0.29) is 6.61 Å². The second kappa shape index (κ2) is 10.8. The van der Waals surface area contributed by atoms with Gasteiger partial charge in [0.25, 0.3) is 0 Å². The Morgan fingerprint density at radius 1 is 1.09 bits per heavy atom. The van der Waals surface area contributed by atoms with Crippen LogP contribution in [0.5, 0.6) is 0 Å². The number of nitrogens with one attached hydrogen (secondary N) is 1. The largest absolute Gasteiger partial charge is 0.447 e. The lowest BCUT2D eigenvalue weighted by Gasteiger charge is -2.39. The summed E-state index contributed by atoms with van der Waals surface area (Å²) in [6.07, 6.45) is -1.35. The Kier molecular flexibility index (Phi) is 9.42. The van der Waals surface area contributed by atoms with E-state index in [0.717, 1.165) is 19.3 Å². The first-order chi connectivity index (χ1) is 11.0. The van der Waals surface area contributed by atoms with E-state index in [1.807, 2.05) is 0 Å². The fourth-order valence-corrected chi connectivity index (χ4v) is 2.38. The molecule has 8 heteroatoms. The summed E-state index contributed by atoms with van der Waals surface area (Å²) in [5.74, 6) is 0. The molecule has 23 heavy (non-hydrogen) atoms. The van der Waals surface area contributed by atoms with Crippen molar-refractivity contribution in [1.29, 1.82) is 0 Å². The summed E-state index contributed by atoms with van der Waals surface area (Å²) in [4.78, 5) is 11.6. The van der Waals surface area contributed by atoms with Gasteiger partial charge < -0.3 is 34.8 Å². The van der Waals surface area contributed by atoms with Gasteiger partial charge in [0.05, 0.1) is 0 Å². The Balaban J connectivity index is 2.24. The molecule has 0 bridgehead atoms. The zero-order valence-electron chi connectivity index (χ0n) is 13.8. The Morgan fingerprint density at radius 3 is 2.43 bits per heavy atom. The highest BCUT2D eigenvalue weighted by Gasteiger charge is 2.44. The summed E-state index contributed by atoms with van der Waals surface area (Å²) < 4.78 is 15.1. The quantitative estimate of drug-likeness (QED) is 0.443. The van der Waals surface area contributed by atoms with Crippen LogP contribution in [0.4, 0.5) is 4.79 Å². The molecule has 0 aromatic carbocycles. The van der Waals surface area contributed by atoms with Crippen LogP contribution in [0.1, 0.15) is 39.0 Å². The minimum Gasteiger partial charge on any atom is -0.447 e. The molecule has 8 nitrogen and oxygen atoms in total. The van der Waals surface area contributed by atoms with E-state index < -0.39 is 36.8 Å². The van der Waals surface area contributed by atoms with Crippen molar-refractivity contribution in [3.05, 3.63) is 0 Å². The summed E-state index contributed by atoms with van der Waals surface area (Å²) in [5, 5.41) is 31.8. The number of unbranched alkanes of at least 4 members (excludes halogenated alkanes) is 4. The van der Waals surface area contributed by atoms with Gasteiger partial charge in [0, 0.05) is 13.7 Å². The highest BCUT2D eigenvalue weighted by Crippen LogP contribution is 2.21. The Morgan fingerprint density at radius 2 is 1.78 bits per heavy atom. The van der Waals surface area contributed by atoms with Crippen LogP contribution in [0.25, 0.3) is 0 Å². The first-order valence-electron chi connectivity index (χ1n) is 8.14. The maximum absolute atomic E-state index is 11.6. The van der Waals surface area contributed by atoms with Crippen LogP contribution in [-0.4, -0.2) is 72.4 Å². The normalized spacial score (nSPS) is 30.9. The zero-order valence-corrected chi connectivity index (χ0v) is 13.8. The number of hydrogen-bond acceptors (Lipinski definition) is 7. The topological polar surface area (TPSA) is 117 Å². The van der Waals surface area contributed by atoms with Gasteiger partial charge in [-0.3, -0.25) is 0 Å². The smallest absolute Gasteiger partial charge is 0.407 e. The summed E-state index contributed by atoms with van der Waals surface area (Å²) in [5.41, 5.74) is 0. The second-order valence-electron chi connectivity index (χ2n) is 5.69. The summed E-state index contributed by atoms with van der Waals surface area (Å²) in [6.45, 7) is 2.42. The number of ether oxygens (including phenoxy) is 3. The van der Waals surface area contributed by atoms with E-state index in [0.29, 0.717) is 6.54 Å². The molecule has 5 atom stereocenters. The Hall–Kier alpha value is -0.930. The SMILES string of the molecule is CCCCCCCNC(=O)OC[C@@H]1O[C@@H](OC)[C@H](O)[C@@H](O)[C@@H]1O. The monoisotopic (exact) mass is 335 g/mol. The molecular formula is C15H29NO7. The number of carbonyl (C=O) groups is 1. The van der Waals surface area contributed by atoms with Crippen molar-refractivity contribution in [3.8, 4) is 0 Å². The number of amides is 1. The lowest BCUT2D eigenvalue weighted by Crippen LogP contribution is -2.59. The Labute approximate surface area is 136 Å². The van der Waals surface area contributed by atoms with E-state index >= 15 is 0 Å². The molecule has 0 aromatic rings. The molecule has 1 aliphatic rings. The number of rotatable bonds is 9. The van der Waals surface area contributed by atoms with Crippen molar-refractivity contribution >= 4 is 6.09 Å². The van der Waals surface area contributed by atoms with Crippen molar-refractivity contribution in [1.82, 2.24) is 5.32 Å². The van der Waals surface area contributed by atoms with Crippen molar-refractivity contribution in [2.24, 2.45) is 0 Å². The van der Waals surface area contributed by atoms with Crippen molar-refractivity contribution < 1.29 is 34.3 Å². The summed E-state index contributed by atoms with van der Waals surface area (Å²) >= 11 is 0. The molecular weight excluding hydrogens is 306 g/mol. The third-order valence-electron chi connectivity index (χ3n) is 3.83. The van der Waals surface area contributed by atoms with Crippen LogP contribution in [0.3, 0.4) is 0 Å². The average molecular weight is 335 g/mol. The maximum atomic E-state index is 11.6.